The molecule has 0 heterocycles. The molecule has 2 N–H and O–H groups in total. The quantitative estimate of drug-likeness (QED) is 0.633. The lowest BCUT2D eigenvalue weighted by atomic mass is 10.3. The molecule has 0 rings (SSSR count). The fraction of sp³-hybridized carbons (Fsp3) is 0.875. The maximum Gasteiger partial charge on any atom is 0.221 e. The van der Waals surface area contributed by atoms with Crippen molar-refractivity contribution in [1.82, 2.24) is 10.0 Å². The summed E-state index contributed by atoms with van der Waals surface area (Å²) in [6.07, 6.45) is 0.139. The van der Waals surface area contributed by atoms with Crippen LogP contribution in [0.2, 0.25) is 0 Å². The van der Waals surface area contributed by atoms with Gasteiger partial charge in [-0.1, -0.05) is 0 Å². The van der Waals surface area contributed by atoms with Crippen molar-refractivity contribution in [2.75, 3.05) is 18.2 Å². The van der Waals surface area contributed by atoms with Gasteiger partial charge in [-0.15, -0.1) is 11.6 Å². The Morgan fingerprint density at radius 3 is 2.47 bits per heavy atom. The number of alkyl halides is 1. The molecule has 0 fully saturated rings. The molecule has 0 aromatic carbocycles. The molecule has 0 aromatic heterocycles. The van der Waals surface area contributed by atoms with Gasteiger partial charge in [-0.25, -0.2) is 13.1 Å². The Labute approximate surface area is 95.6 Å². The van der Waals surface area contributed by atoms with Crippen LogP contribution in [0.15, 0.2) is 0 Å². The van der Waals surface area contributed by atoms with Crippen LogP contribution in [0.1, 0.15) is 20.3 Å². The first kappa shape index (κ1) is 14.7. The highest BCUT2D eigenvalue weighted by atomic mass is 35.5. The third-order valence-corrected chi connectivity index (χ3v) is 3.27. The summed E-state index contributed by atoms with van der Waals surface area (Å²) in [4.78, 5) is 11.1. The summed E-state index contributed by atoms with van der Waals surface area (Å²) >= 11 is 5.30. The van der Waals surface area contributed by atoms with Gasteiger partial charge >= 0.3 is 0 Å². The summed E-state index contributed by atoms with van der Waals surface area (Å²) in [6, 6.07) is 0.0666. The van der Waals surface area contributed by atoms with E-state index in [0.717, 1.165) is 0 Å². The van der Waals surface area contributed by atoms with Gasteiger partial charge in [0.2, 0.25) is 15.9 Å². The molecule has 0 aliphatic carbocycles. The molecular weight excluding hydrogens is 240 g/mol. The Hall–Kier alpha value is -0.330. The van der Waals surface area contributed by atoms with Crippen molar-refractivity contribution in [2.45, 2.75) is 26.3 Å². The minimum atomic E-state index is -3.32. The van der Waals surface area contributed by atoms with Crippen molar-refractivity contribution >= 4 is 27.5 Å². The molecule has 90 valence electrons. The first-order valence-electron chi connectivity index (χ1n) is 4.70. The third kappa shape index (κ3) is 8.65. The monoisotopic (exact) mass is 256 g/mol. The Balaban J connectivity index is 3.75. The van der Waals surface area contributed by atoms with Crippen LogP contribution in [0.25, 0.3) is 0 Å². The third-order valence-electron chi connectivity index (χ3n) is 1.47. The van der Waals surface area contributed by atoms with E-state index in [2.05, 4.69) is 10.0 Å². The number of carbonyl (C=O) groups excluding carboxylic acids is 1. The standard InChI is InChI=1S/C8H17ClN2O3S/c1-7(2)11-8(12)3-5-10-15(13,14)6-4-9/h7,10H,3-6H2,1-2H3,(H,11,12). The molecular formula is C8H17ClN2O3S. The summed E-state index contributed by atoms with van der Waals surface area (Å²) in [5, 5.41) is 2.66. The van der Waals surface area contributed by atoms with Crippen LogP contribution in [-0.2, 0) is 14.8 Å². The molecule has 0 bridgehead atoms. The van der Waals surface area contributed by atoms with Gasteiger partial charge < -0.3 is 5.32 Å². The zero-order valence-electron chi connectivity index (χ0n) is 8.92. The Morgan fingerprint density at radius 1 is 1.40 bits per heavy atom. The molecule has 1 amide bonds. The smallest absolute Gasteiger partial charge is 0.221 e. The van der Waals surface area contributed by atoms with Crippen molar-refractivity contribution in [3.05, 3.63) is 0 Å². The Morgan fingerprint density at radius 2 is 2.00 bits per heavy atom. The number of carbonyl (C=O) groups is 1. The molecule has 7 heteroatoms. The van der Waals surface area contributed by atoms with E-state index >= 15 is 0 Å². The number of sulfonamides is 1. The molecule has 15 heavy (non-hydrogen) atoms. The van der Waals surface area contributed by atoms with Crippen LogP contribution in [0.5, 0.6) is 0 Å². The fourth-order valence-electron chi connectivity index (χ4n) is 0.888. The zero-order valence-corrected chi connectivity index (χ0v) is 10.5. The summed E-state index contributed by atoms with van der Waals surface area (Å²) < 4.78 is 24.5. The van der Waals surface area contributed by atoms with Crippen molar-refractivity contribution in [2.24, 2.45) is 0 Å². The second-order valence-electron chi connectivity index (χ2n) is 3.37. The SMILES string of the molecule is CC(C)NC(=O)CCNS(=O)(=O)CCCl. The number of halogens is 1. The molecule has 0 aliphatic rings. The van der Waals surface area contributed by atoms with Gasteiger partial charge in [0.15, 0.2) is 0 Å². The average molecular weight is 257 g/mol. The van der Waals surface area contributed by atoms with Crippen LogP contribution in [0.4, 0.5) is 0 Å². The lowest BCUT2D eigenvalue weighted by molar-refractivity contribution is -0.121. The average Bonchev–Trinajstić information content (AvgIpc) is 2.01. The number of hydrogen-bond donors (Lipinski definition) is 2. The van der Waals surface area contributed by atoms with E-state index in [1.165, 1.54) is 0 Å². The number of rotatable bonds is 7. The highest BCUT2D eigenvalue weighted by molar-refractivity contribution is 7.89. The molecule has 0 radical (unpaired) electrons. The topological polar surface area (TPSA) is 75.3 Å². The molecule has 0 unspecified atom stereocenters. The van der Waals surface area contributed by atoms with E-state index in [4.69, 9.17) is 11.6 Å². The second-order valence-corrected chi connectivity index (χ2v) is 5.68. The maximum absolute atomic E-state index is 11.1. The molecule has 0 saturated heterocycles. The van der Waals surface area contributed by atoms with Gasteiger partial charge in [0.25, 0.3) is 0 Å². The highest BCUT2D eigenvalue weighted by Gasteiger charge is 2.09. The minimum absolute atomic E-state index is 0.0491. The maximum atomic E-state index is 11.1. The predicted octanol–water partition coefficient (Wildman–Crippen LogP) is 0.0593. The van der Waals surface area contributed by atoms with Gasteiger partial charge in [0.05, 0.1) is 5.75 Å². The summed E-state index contributed by atoms with van der Waals surface area (Å²) in [5.41, 5.74) is 0. The number of hydrogen-bond acceptors (Lipinski definition) is 3. The second kappa shape index (κ2) is 7.03. The minimum Gasteiger partial charge on any atom is -0.354 e. The van der Waals surface area contributed by atoms with Crippen LogP contribution < -0.4 is 10.0 Å². The molecule has 0 spiro atoms. The summed E-state index contributed by atoms with van der Waals surface area (Å²) in [5.74, 6) is -0.244. The number of amides is 1. The molecule has 0 saturated carbocycles. The van der Waals surface area contributed by atoms with Gasteiger partial charge in [-0.2, -0.15) is 0 Å². The van der Waals surface area contributed by atoms with E-state index in [0.29, 0.717) is 0 Å². The van der Waals surface area contributed by atoms with E-state index in [-0.39, 0.29) is 36.5 Å². The first-order chi connectivity index (χ1) is 6.87. The van der Waals surface area contributed by atoms with Crippen molar-refractivity contribution < 1.29 is 13.2 Å². The molecule has 0 atom stereocenters. The largest absolute Gasteiger partial charge is 0.354 e. The first-order valence-corrected chi connectivity index (χ1v) is 6.88. The zero-order chi connectivity index (χ0) is 11.9. The normalized spacial score (nSPS) is 11.7. The predicted molar refractivity (Wildman–Crippen MR) is 60.4 cm³/mol. The van der Waals surface area contributed by atoms with Crippen molar-refractivity contribution in [1.29, 1.82) is 0 Å². The lowest BCUT2D eigenvalue weighted by Crippen LogP contribution is -2.34. The summed E-state index contributed by atoms with van der Waals surface area (Å²) in [7, 11) is -3.32. The van der Waals surface area contributed by atoms with Crippen molar-refractivity contribution in [3.63, 3.8) is 0 Å². The molecule has 5 nitrogen and oxygen atoms in total. The fourth-order valence-corrected chi connectivity index (χ4v) is 2.26. The Kier molecular flexibility index (Phi) is 6.87. The van der Waals surface area contributed by atoms with Gasteiger partial charge in [0, 0.05) is 24.9 Å². The van der Waals surface area contributed by atoms with Crippen LogP contribution in [0, 0.1) is 0 Å². The van der Waals surface area contributed by atoms with E-state index in [1.54, 1.807) is 0 Å². The van der Waals surface area contributed by atoms with E-state index in [9.17, 15) is 13.2 Å². The van der Waals surface area contributed by atoms with Crippen LogP contribution >= 0.6 is 11.6 Å². The highest BCUT2D eigenvalue weighted by Crippen LogP contribution is 1.88. The Bertz CT molecular complexity index is 290. The van der Waals surface area contributed by atoms with Crippen molar-refractivity contribution in [3.8, 4) is 0 Å². The molecule has 0 aliphatic heterocycles. The van der Waals surface area contributed by atoms with E-state index in [1.807, 2.05) is 13.8 Å². The van der Waals surface area contributed by atoms with Crippen LogP contribution in [0.3, 0.4) is 0 Å². The summed E-state index contributed by atoms with van der Waals surface area (Å²) in [6.45, 7) is 3.79. The van der Waals surface area contributed by atoms with Gasteiger partial charge in [-0.3, -0.25) is 4.79 Å². The lowest BCUT2D eigenvalue weighted by Gasteiger charge is -2.08. The van der Waals surface area contributed by atoms with Gasteiger partial charge in [-0.05, 0) is 13.8 Å². The van der Waals surface area contributed by atoms with Crippen LogP contribution in [-0.4, -0.2) is 38.5 Å². The van der Waals surface area contributed by atoms with Gasteiger partial charge in [0.1, 0.15) is 0 Å². The van der Waals surface area contributed by atoms with E-state index < -0.39 is 10.0 Å². The number of nitrogens with one attached hydrogen (secondary N) is 2. The molecule has 0 aromatic rings.